The van der Waals surface area contributed by atoms with E-state index >= 15 is 0 Å². The van der Waals surface area contributed by atoms with Gasteiger partial charge in [-0.15, -0.1) is 0 Å². The second-order valence-electron chi connectivity index (χ2n) is 3.56. The Morgan fingerprint density at radius 1 is 1.61 bits per heavy atom. The molecule has 0 aliphatic rings. The molecule has 7 heteroatoms. The molecule has 0 aliphatic heterocycles. The van der Waals surface area contributed by atoms with Gasteiger partial charge in [0.15, 0.2) is 0 Å². The summed E-state index contributed by atoms with van der Waals surface area (Å²) in [6.07, 6.45) is 0.217. The summed E-state index contributed by atoms with van der Waals surface area (Å²) in [4.78, 5) is 23.5. The van der Waals surface area contributed by atoms with E-state index in [1.165, 1.54) is 23.1 Å². The number of hydrogen-bond donors (Lipinski definition) is 0. The van der Waals surface area contributed by atoms with Crippen molar-refractivity contribution >= 4 is 27.5 Å². The number of non-ortho nitro benzene ring substituents is 1. The summed E-state index contributed by atoms with van der Waals surface area (Å²) in [6.45, 7) is 0.282. The Bertz CT molecular complexity index is 525. The Kier molecular flexibility index (Phi) is 4.80. The largest absolute Gasteiger partial charge is 0.341 e. The van der Waals surface area contributed by atoms with E-state index in [4.69, 9.17) is 5.26 Å². The first kappa shape index (κ1) is 14.1. The molecule has 0 unspecified atom stereocenters. The third-order valence-electron chi connectivity index (χ3n) is 2.30. The maximum atomic E-state index is 12.0. The first-order valence-corrected chi connectivity index (χ1v) is 5.83. The average molecular weight is 312 g/mol. The fraction of sp³-hybridized carbons (Fsp3) is 0.273. The highest BCUT2D eigenvalue weighted by molar-refractivity contribution is 9.10. The van der Waals surface area contributed by atoms with Gasteiger partial charge in [0.1, 0.15) is 0 Å². The lowest BCUT2D eigenvalue weighted by molar-refractivity contribution is -0.384. The predicted octanol–water partition coefficient (Wildman–Crippen LogP) is 2.34. The van der Waals surface area contributed by atoms with E-state index < -0.39 is 4.92 Å². The number of hydrogen-bond acceptors (Lipinski definition) is 4. The fourth-order valence-electron chi connectivity index (χ4n) is 1.32. The number of amides is 1. The molecule has 0 aliphatic carbocycles. The van der Waals surface area contributed by atoms with Crippen LogP contribution in [-0.2, 0) is 0 Å². The Morgan fingerprint density at radius 3 is 2.83 bits per heavy atom. The number of nitro benzene ring substituents is 1. The second kappa shape index (κ2) is 6.12. The van der Waals surface area contributed by atoms with Crippen LogP contribution in [0.5, 0.6) is 0 Å². The Hall–Kier alpha value is -1.94. The molecule has 0 saturated heterocycles. The van der Waals surface area contributed by atoms with Crippen molar-refractivity contribution in [1.29, 1.82) is 5.26 Å². The summed E-state index contributed by atoms with van der Waals surface area (Å²) in [5.41, 5.74) is 0.0693. The van der Waals surface area contributed by atoms with E-state index in [0.29, 0.717) is 4.47 Å². The second-order valence-corrected chi connectivity index (χ2v) is 4.41. The van der Waals surface area contributed by atoms with E-state index in [-0.39, 0.29) is 30.1 Å². The van der Waals surface area contributed by atoms with E-state index in [9.17, 15) is 14.9 Å². The quantitative estimate of drug-likeness (QED) is 0.630. The van der Waals surface area contributed by atoms with Crippen molar-refractivity contribution in [2.75, 3.05) is 13.6 Å². The highest BCUT2D eigenvalue weighted by atomic mass is 79.9. The number of nitriles is 1. The zero-order valence-electron chi connectivity index (χ0n) is 9.59. The molecule has 1 rings (SSSR count). The summed E-state index contributed by atoms with van der Waals surface area (Å²) in [6, 6.07) is 5.93. The number of benzene rings is 1. The molecule has 0 aromatic heterocycles. The lowest BCUT2D eigenvalue weighted by Gasteiger charge is -2.16. The van der Waals surface area contributed by atoms with Gasteiger partial charge in [-0.1, -0.05) is 0 Å². The highest BCUT2D eigenvalue weighted by Gasteiger charge is 2.18. The first-order chi connectivity index (χ1) is 8.47. The van der Waals surface area contributed by atoms with E-state index in [0.717, 1.165) is 0 Å². The van der Waals surface area contributed by atoms with Gasteiger partial charge in [0.25, 0.3) is 11.6 Å². The molecule has 0 N–H and O–H groups in total. The molecular formula is C11H10BrN3O3. The van der Waals surface area contributed by atoms with Gasteiger partial charge in [-0.25, -0.2) is 0 Å². The van der Waals surface area contributed by atoms with Gasteiger partial charge in [0, 0.05) is 30.2 Å². The van der Waals surface area contributed by atoms with Crippen molar-refractivity contribution in [2.24, 2.45) is 0 Å². The van der Waals surface area contributed by atoms with Crippen molar-refractivity contribution < 1.29 is 9.72 Å². The van der Waals surface area contributed by atoms with Crippen LogP contribution >= 0.6 is 15.9 Å². The van der Waals surface area contributed by atoms with Gasteiger partial charge in [-0.05, 0) is 22.0 Å². The SMILES string of the molecule is CN(CCC#N)C(=O)c1cc([N+](=O)[O-])ccc1Br. The molecule has 0 bridgehead atoms. The molecule has 0 fully saturated rings. The summed E-state index contributed by atoms with van der Waals surface area (Å²) in [7, 11) is 1.55. The van der Waals surface area contributed by atoms with Crippen LogP contribution in [0.2, 0.25) is 0 Å². The van der Waals surface area contributed by atoms with Gasteiger partial charge >= 0.3 is 0 Å². The van der Waals surface area contributed by atoms with Crippen molar-refractivity contribution in [3.05, 3.63) is 38.3 Å². The zero-order chi connectivity index (χ0) is 13.7. The molecule has 0 atom stereocenters. The Morgan fingerprint density at radius 2 is 2.28 bits per heavy atom. The van der Waals surface area contributed by atoms with Crippen LogP contribution in [-0.4, -0.2) is 29.3 Å². The Balaban J connectivity index is 3.01. The molecule has 0 radical (unpaired) electrons. The molecule has 0 spiro atoms. The molecule has 0 saturated carbocycles. The number of halogens is 1. The molecule has 1 aromatic rings. The Labute approximate surface area is 112 Å². The van der Waals surface area contributed by atoms with Crippen LogP contribution in [0.3, 0.4) is 0 Å². The molecule has 94 valence electrons. The fourth-order valence-corrected chi connectivity index (χ4v) is 1.73. The normalized spacial score (nSPS) is 9.61. The minimum absolute atomic E-state index is 0.143. The van der Waals surface area contributed by atoms with Crippen LogP contribution < -0.4 is 0 Å². The summed E-state index contributed by atoms with van der Waals surface area (Å²) in [5, 5.41) is 19.1. The van der Waals surface area contributed by atoms with Gasteiger partial charge in [0.05, 0.1) is 23.0 Å². The minimum Gasteiger partial charge on any atom is -0.341 e. The maximum absolute atomic E-state index is 12.0. The molecule has 6 nitrogen and oxygen atoms in total. The van der Waals surface area contributed by atoms with Gasteiger partial charge in [-0.2, -0.15) is 5.26 Å². The monoisotopic (exact) mass is 311 g/mol. The maximum Gasteiger partial charge on any atom is 0.270 e. The summed E-state index contributed by atoms with van der Waals surface area (Å²) < 4.78 is 0.488. The summed E-state index contributed by atoms with van der Waals surface area (Å²) in [5.74, 6) is -0.360. The van der Waals surface area contributed by atoms with Crippen LogP contribution in [0, 0.1) is 21.4 Å². The zero-order valence-corrected chi connectivity index (χ0v) is 11.2. The van der Waals surface area contributed by atoms with Gasteiger partial charge in [0.2, 0.25) is 0 Å². The molecule has 18 heavy (non-hydrogen) atoms. The molecular weight excluding hydrogens is 302 g/mol. The highest BCUT2D eigenvalue weighted by Crippen LogP contribution is 2.23. The average Bonchev–Trinajstić information content (AvgIpc) is 2.35. The minimum atomic E-state index is -0.557. The van der Waals surface area contributed by atoms with Crippen molar-refractivity contribution in [3.8, 4) is 6.07 Å². The number of nitro groups is 1. The first-order valence-electron chi connectivity index (χ1n) is 5.03. The third kappa shape index (κ3) is 3.28. The van der Waals surface area contributed by atoms with Gasteiger partial charge in [-0.3, -0.25) is 14.9 Å². The summed E-state index contributed by atoms with van der Waals surface area (Å²) >= 11 is 3.18. The van der Waals surface area contributed by atoms with Crippen molar-refractivity contribution in [1.82, 2.24) is 4.90 Å². The lowest BCUT2D eigenvalue weighted by atomic mass is 10.2. The van der Waals surface area contributed by atoms with Crippen molar-refractivity contribution in [2.45, 2.75) is 6.42 Å². The molecule has 0 heterocycles. The van der Waals surface area contributed by atoms with Gasteiger partial charge < -0.3 is 4.90 Å². The van der Waals surface area contributed by atoms with E-state index in [2.05, 4.69) is 15.9 Å². The van der Waals surface area contributed by atoms with Crippen LogP contribution in [0.15, 0.2) is 22.7 Å². The topological polar surface area (TPSA) is 87.2 Å². The van der Waals surface area contributed by atoms with Crippen LogP contribution in [0.4, 0.5) is 5.69 Å². The third-order valence-corrected chi connectivity index (χ3v) is 2.99. The van der Waals surface area contributed by atoms with Crippen LogP contribution in [0.1, 0.15) is 16.8 Å². The van der Waals surface area contributed by atoms with E-state index in [1.54, 1.807) is 7.05 Å². The molecule has 1 aromatic carbocycles. The van der Waals surface area contributed by atoms with Crippen molar-refractivity contribution in [3.63, 3.8) is 0 Å². The van der Waals surface area contributed by atoms with E-state index in [1.807, 2.05) is 6.07 Å². The standard InChI is InChI=1S/C11H10BrN3O3/c1-14(6-2-5-13)11(16)9-7-8(15(17)18)3-4-10(9)12/h3-4,7H,2,6H2,1H3. The number of carbonyl (C=O) groups is 1. The number of carbonyl (C=O) groups excluding carboxylic acids is 1. The predicted molar refractivity (Wildman–Crippen MR) is 68.0 cm³/mol. The number of nitrogens with zero attached hydrogens (tertiary/aromatic N) is 3. The van der Waals surface area contributed by atoms with Crippen LogP contribution in [0.25, 0.3) is 0 Å². The molecule has 1 amide bonds. The lowest BCUT2D eigenvalue weighted by Crippen LogP contribution is -2.27. The number of rotatable bonds is 4. The smallest absolute Gasteiger partial charge is 0.270 e.